The van der Waals surface area contributed by atoms with Crippen LogP contribution >= 0.6 is 0 Å². The number of nitrogens with one attached hydrogen (secondary N) is 2. The second kappa shape index (κ2) is 13.1. The van der Waals surface area contributed by atoms with Crippen LogP contribution in [0.2, 0.25) is 0 Å². The van der Waals surface area contributed by atoms with E-state index in [4.69, 9.17) is 4.74 Å². The SMILES string of the molecule is Cc1ccc(C(=O)Nc2cc(OCCN3CCNCC3)cc(C(F)(F)F)c2)cc1Cc1ncccc1-c1ccncn1. The smallest absolute Gasteiger partial charge is 0.416 e. The van der Waals surface area contributed by atoms with E-state index in [1.807, 2.05) is 25.1 Å². The fourth-order valence-electron chi connectivity index (χ4n) is 4.79. The van der Waals surface area contributed by atoms with Crippen LogP contribution in [-0.2, 0) is 12.6 Å². The summed E-state index contributed by atoms with van der Waals surface area (Å²) in [6, 6.07) is 14.0. The summed E-state index contributed by atoms with van der Waals surface area (Å²) in [6.07, 6.45) is 0.661. The van der Waals surface area contributed by atoms with Gasteiger partial charge in [-0.15, -0.1) is 0 Å². The largest absolute Gasteiger partial charge is 0.492 e. The lowest BCUT2D eigenvalue weighted by Crippen LogP contribution is -2.44. The normalized spacial score (nSPS) is 14.0. The minimum absolute atomic E-state index is 0.00453. The average Bonchev–Trinajstić information content (AvgIpc) is 2.99. The lowest BCUT2D eigenvalue weighted by Gasteiger charge is -2.27. The van der Waals surface area contributed by atoms with E-state index in [1.54, 1.807) is 30.6 Å². The Bertz CT molecular complexity index is 1530. The molecule has 0 bridgehead atoms. The molecule has 2 N–H and O–H groups in total. The van der Waals surface area contributed by atoms with E-state index in [9.17, 15) is 18.0 Å². The number of hydrogen-bond donors (Lipinski definition) is 2. The lowest BCUT2D eigenvalue weighted by atomic mass is 9.97. The van der Waals surface area contributed by atoms with E-state index < -0.39 is 17.6 Å². The molecule has 0 unspecified atom stereocenters. The summed E-state index contributed by atoms with van der Waals surface area (Å²) >= 11 is 0. The third kappa shape index (κ3) is 7.48. The second-order valence-electron chi connectivity index (χ2n) is 10.0. The van der Waals surface area contributed by atoms with Crippen molar-refractivity contribution < 1.29 is 22.7 Å². The molecule has 0 atom stereocenters. The first-order valence-corrected chi connectivity index (χ1v) is 13.7. The van der Waals surface area contributed by atoms with Crippen LogP contribution in [0.25, 0.3) is 11.3 Å². The number of alkyl halides is 3. The van der Waals surface area contributed by atoms with Crippen LogP contribution in [0.3, 0.4) is 0 Å². The van der Waals surface area contributed by atoms with E-state index in [0.717, 1.165) is 66.4 Å². The highest BCUT2D eigenvalue weighted by atomic mass is 19.4. The van der Waals surface area contributed by atoms with Crippen molar-refractivity contribution in [3.63, 3.8) is 0 Å². The number of pyridine rings is 1. The number of anilines is 1. The molecule has 4 aromatic rings. The Morgan fingerprint density at radius 3 is 2.64 bits per heavy atom. The molecule has 1 aliphatic heterocycles. The zero-order valence-corrected chi connectivity index (χ0v) is 23.1. The number of carbonyl (C=O) groups excluding carboxylic acids is 1. The molecule has 42 heavy (non-hydrogen) atoms. The zero-order valence-electron chi connectivity index (χ0n) is 23.1. The van der Waals surface area contributed by atoms with Crippen molar-refractivity contribution >= 4 is 11.6 Å². The molecule has 2 aromatic heterocycles. The third-order valence-corrected chi connectivity index (χ3v) is 7.09. The van der Waals surface area contributed by atoms with Gasteiger partial charge < -0.3 is 15.4 Å². The van der Waals surface area contributed by atoms with Crippen LogP contribution in [-0.4, -0.2) is 65.1 Å². The molecule has 11 heteroatoms. The number of amides is 1. The van der Waals surface area contributed by atoms with E-state index in [2.05, 4.69) is 30.5 Å². The molecule has 8 nitrogen and oxygen atoms in total. The molecule has 1 amide bonds. The van der Waals surface area contributed by atoms with Gasteiger partial charge in [0.25, 0.3) is 5.91 Å². The quantitative estimate of drug-likeness (QED) is 0.290. The van der Waals surface area contributed by atoms with Crippen molar-refractivity contribution in [3.05, 3.63) is 101 Å². The summed E-state index contributed by atoms with van der Waals surface area (Å²) in [5.74, 6) is -0.480. The van der Waals surface area contributed by atoms with Gasteiger partial charge in [0.1, 0.15) is 18.7 Å². The molecule has 5 rings (SSSR count). The summed E-state index contributed by atoms with van der Waals surface area (Å²) in [5, 5.41) is 5.89. The Labute approximate surface area is 242 Å². The molecule has 2 aromatic carbocycles. The van der Waals surface area contributed by atoms with Crippen molar-refractivity contribution in [1.82, 2.24) is 25.2 Å². The first-order chi connectivity index (χ1) is 20.3. The molecular weight excluding hydrogens is 545 g/mol. The van der Waals surface area contributed by atoms with Gasteiger partial charge in [0.2, 0.25) is 0 Å². The van der Waals surface area contributed by atoms with Crippen molar-refractivity contribution in [2.75, 3.05) is 44.6 Å². The van der Waals surface area contributed by atoms with Crippen LogP contribution in [0, 0.1) is 6.92 Å². The molecule has 0 saturated carbocycles. The number of ether oxygens (including phenoxy) is 1. The van der Waals surface area contributed by atoms with Gasteiger partial charge in [0, 0.05) is 74.4 Å². The van der Waals surface area contributed by atoms with Crippen LogP contribution in [0.15, 0.2) is 73.3 Å². The van der Waals surface area contributed by atoms with E-state index in [1.165, 1.54) is 12.4 Å². The van der Waals surface area contributed by atoms with Gasteiger partial charge in [-0.05, 0) is 60.5 Å². The van der Waals surface area contributed by atoms with Crippen molar-refractivity contribution in [3.8, 4) is 17.0 Å². The average molecular weight is 577 g/mol. The predicted molar refractivity (Wildman–Crippen MR) is 153 cm³/mol. The number of carbonyl (C=O) groups is 1. The van der Waals surface area contributed by atoms with Gasteiger partial charge in [0.15, 0.2) is 0 Å². The van der Waals surface area contributed by atoms with Crippen molar-refractivity contribution in [2.45, 2.75) is 19.5 Å². The van der Waals surface area contributed by atoms with Crippen LogP contribution in [0.1, 0.15) is 32.7 Å². The Kier molecular flexibility index (Phi) is 9.09. The van der Waals surface area contributed by atoms with E-state index in [0.29, 0.717) is 18.5 Å². The Morgan fingerprint density at radius 2 is 1.88 bits per heavy atom. The predicted octanol–water partition coefficient (Wildman–Crippen LogP) is 4.99. The maximum Gasteiger partial charge on any atom is 0.416 e. The minimum Gasteiger partial charge on any atom is -0.492 e. The molecular formula is C31H31F3N6O2. The lowest BCUT2D eigenvalue weighted by molar-refractivity contribution is -0.137. The number of aryl methyl sites for hydroxylation is 1. The van der Waals surface area contributed by atoms with Gasteiger partial charge in [-0.1, -0.05) is 6.07 Å². The Balaban J connectivity index is 1.33. The number of rotatable bonds is 9. The number of piperazine rings is 1. The van der Waals surface area contributed by atoms with Gasteiger partial charge >= 0.3 is 6.18 Å². The van der Waals surface area contributed by atoms with Crippen LogP contribution in [0.5, 0.6) is 5.75 Å². The highest BCUT2D eigenvalue weighted by Gasteiger charge is 2.32. The monoisotopic (exact) mass is 576 g/mol. The molecule has 3 heterocycles. The number of aromatic nitrogens is 3. The van der Waals surface area contributed by atoms with Gasteiger partial charge in [-0.3, -0.25) is 14.7 Å². The fraction of sp³-hybridized carbons (Fsp3) is 0.290. The van der Waals surface area contributed by atoms with Crippen molar-refractivity contribution in [1.29, 1.82) is 0 Å². The van der Waals surface area contributed by atoms with Crippen molar-refractivity contribution in [2.24, 2.45) is 0 Å². The van der Waals surface area contributed by atoms with Gasteiger partial charge in [-0.2, -0.15) is 13.2 Å². The molecule has 0 aliphatic carbocycles. The fourth-order valence-corrected chi connectivity index (χ4v) is 4.79. The van der Waals surface area contributed by atoms with E-state index in [-0.39, 0.29) is 18.0 Å². The highest BCUT2D eigenvalue weighted by molar-refractivity contribution is 6.04. The molecule has 0 radical (unpaired) electrons. The van der Waals surface area contributed by atoms with Gasteiger partial charge in [0.05, 0.1) is 17.0 Å². The second-order valence-corrected chi connectivity index (χ2v) is 10.0. The maximum atomic E-state index is 13.7. The highest BCUT2D eigenvalue weighted by Crippen LogP contribution is 2.34. The third-order valence-electron chi connectivity index (χ3n) is 7.09. The van der Waals surface area contributed by atoms with E-state index >= 15 is 0 Å². The Hall–Kier alpha value is -4.35. The summed E-state index contributed by atoms with van der Waals surface area (Å²) in [6.45, 7) is 6.21. The zero-order chi connectivity index (χ0) is 29.5. The molecule has 0 spiro atoms. The topological polar surface area (TPSA) is 92.3 Å². The minimum atomic E-state index is -4.60. The molecule has 1 saturated heterocycles. The summed E-state index contributed by atoms with van der Waals surface area (Å²) in [5.41, 5.74) is 3.59. The van der Waals surface area contributed by atoms with Gasteiger partial charge in [-0.25, -0.2) is 9.97 Å². The molecule has 1 aliphatic rings. The number of halogens is 3. The standard InChI is InChI=1S/C31H31F3N6O2/c1-21-4-5-22(15-23(21)16-29-27(3-2-7-37-29)28-6-8-36-20-38-28)30(41)39-25-17-24(31(32,33)34)18-26(19-25)42-14-13-40-11-9-35-10-12-40/h2-8,15,17-20,35H,9-14,16H2,1H3,(H,39,41). The summed E-state index contributed by atoms with van der Waals surface area (Å²) in [7, 11) is 0. The van der Waals surface area contributed by atoms with Crippen LogP contribution < -0.4 is 15.4 Å². The molecule has 1 fully saturated rings. The summed E-state index contributed by atoms with van der Waals surface area (Å²) in [4.78, 5) is 28.3. The molecule has 218 valence electrons. The summed E-state index contributed by atoms with van der Waals surface area (Å²) < 4.78 is 46.7. The number of hydrogen-bond acceptors (Lipinski definition) is 7. The first-order valence-electron chi connectivity index (χ1n) is 13.7. The first kappa shape index (κ1) is 29.2. The number of benzene rings is 2. The maximum absolute atomic E-state index is 13.7. The number of nitrogens with zero attached hydrogens (tertiary/aromatic N) is 4. The Morgan fingerprint density at radius 1 is 1.05 bits per heavy atom. The van der Waals surface area contributed by atoms with Crippen LogP contribution in [0.4, 0.5) is 18.9 Å².